The molecule has 0 aliphatic carbocycles. The fourth-order valence-electron chi connectivity index (χ4n) is 3.01. The average Bonchev–Trinajstić information content (AvgIpc) is 2.43. The van der Waals surface area contributed by atoms with Gasteiger partial charge in [-0.15, -0.1) is 12.4 Å². The molecule has 0 bridgehead atoms. The topological polar surface area (TPSA) is 29.5 Å². The predicted octanol–water partition coefficient (Wildman–Crippen LogP) is 4.57. The summed E-state index contributed by atoms with van der Waals surface area (Å²) in [5, 5.41) is 0.621. The Morgan fingerprint density at radius 1 is 1.27 bits per heavy atom. The molecule has 124 valence electrons. The van der Waals surface area contributed by atoms with Crippen molar-refractivity contribution >= 4 is 30.0 Å². The van der Waals surface area contributed by atoms with Gasteiger partial charge in [-0.3, -0.25) is 4.90 Å². The van der Waals surface area contributed by atoms with Crippen LogP contribution < -0.4 is 0 Å². The number of carbonyl (C=O) groups excluding carboxylic acids is 1. The van der Waals surface area contributed by atoms with Crippen molar-refractivity contribution in [2.45, 2.75) is 58.2 Å². The summed E-state index contributed by atoms with van der Waals surface area (Å²) in [5.41, 5.74) is 0.547. The number of halogens is 2. The number of nitrogens with zero attached hydrogens (tertiary/aromatic N) is 1. The molecular weight excluding hydrogens is 321 g/mol. The molecule has 0 amide bonds. The fourth-order valence-corrected chi connectivity index (χ4v) is 3.13. The van der Waals surface area contributed by atoms with Crippen LogP contribution in [0, 0.1) is 0 Å². The number of piperidine rings is 1. The molecule has 1 saturated heterocycles. The third-order valence-electron chi connectivity index (χ3n) is 4.23. The molecule has 0 aromatic heterocycles. The predicted molar refractivity (Wildman–Crippen MR) is 93.1 cm³/mol. The molecule has 1 fully saturated rings. The molecular formula is C17H25Cl2NO2. The van der Waals surface area contributed by atoms with Gasteiger partial charge in [-0.05, 0) is 57.9 Å². The minimum Gasteiger partial charge on any atom is -0.458 e. The first-order valence-electron chi connectivity index (χ1n) is 7.69. The van der Waals surface area contributed by atoms with Crippen LogP contribution in [0.25, 0.3) is 0 Å². The Morgan fingerprint density at radius 2 is 1.82 bits per heavy atom. The maximum Gasteiger partial charge on any atom is 0.338 e. The van der Waals surface area contributed by atoms with E-state index in [4.69, 9.17) is 16.3 Å². The largest absolute Gasteiger partial charge is 0.458 e. The highest BCUT2D eigenvalue weighted by Gasteiger charge is 2.26. The number of ether oxygens (including phenoxy) is 1. The summed E-state index contributed by atoms with van der Waals surface area (Å²) in [4.78, 5) is 14.5. The van der Waals surface area contributed by atoms with E-state index in [1.165, 1.54) is 19.3 Å². The van der Waals surface area contributed by atoms with Crippen molar-refractivity contribution in [2.75, 3.05) is 6.54 Å². The SMILES string of the molecule is CC(CN1C(C)CCCC1C)OC(=O)c1ccc(Cl)cc1.Cl. The molecule has 3 atom stereocenters. The van der Waals surface area contributed by atoms with Crippen LogP contribution in [0.4, 0.5) is 0 Å². The first-order chi connectivity index (χ1) is 9.97. The first-order valence-corrected chi connectivity index (χ1v) is 8.07. The molecule has 5 heteroatoms. The lowest BCUT2D eigenvalue weighted by atomic mass is 9.97. The van der Waals surface area contributed by atoms with E-state index < -0.39 is 0 Å². The van der Waals surface area contributed by atoms with Gasteiger partial charge in [-0.1, -0.05) is 18.0 Å². The lowest BCUT2D eigenvalue weighted by Crippen LogP contribution is -2.47. The molecule has 1 aliphatic heterocycles. The lowest BCUT2D eigenvalue weighted by Gasteiger charge is -2.40. The number of esters is 1. The van der Waals surface area contributed by atoms with Crippen LogP contribution in [0.2, 0.25) is 5.02 Å². The molecule has 22 heavy (non-hydrogen) atoms. The van der Waals surface area contributed by atoms with E-state index in [0.717, 1.165) is 6.54 Å². The molecule has 0 radical (unpaired) electrons. The van der Waals surface area contributed by atoms with E-state index in [1.807, 2.05) is 6.92 Å². The van der Waals surface area contributed by atoms with Crippen LogP contribution in [0.1, 0.15) is 50.4 Å². The van der Waals surface area contributed by atoms with Crippen molar-refractivity contribution in [1.29, 1.82) is 0 Å². The fraction of sp³-hybridized carbons (Fsp3) is 0.588. The van der Waals surface area contributed by atoms with Crippen molar-refractivity contribution in [3.8, 4) is 0 Å². The summed E-state index contributed by atoms with van der Waals surface area (Å²) >= 11 is 5.82. The number of rotatable bonds is 4. The van der Waals surface area contributed by atoms with Gasteiger partial charge >= 0.3 is 5.97 Å². The number of benzene rings is 1. The third kappa shape index (κ3) is 5.15. The molecule has 1 heterocycles. The minimum atomic E-state index is -0.281. The van der Waals surface area contributed by atoms with Crippen LogP contribution >= 0.6 is 24.0 Å². The molecule has 0 saturated carbocycles. The Bertz CT molecular complexity index is 468. The van der Waals surface area contributed by atoms with Crippen LogP contribution in [0.5, 0.6) is 0 Å². The van der Waals surface area contributed by atoms with Crippen molar-refractivity contribution in [1.82, 2.24) is 4.90 Å². The zero-order chi connectivity index (χ0) is 15.4. The van der Waals surface area contributed by atoms with Gasteiger partial charge in [0.15, 0.2) is 0 Å². The van der Waals surface area contributed by atoms with Crippen LogP contribution in [0.15, 0.2) is 24.3 Å². The van der Waals surface area contributed by atoms with Crippen LogP contribution in [0.3, 0.4) is 0 Å². The number of carbonyl (C=O) groups is 1. The zero-order valence-corrected chi connectivity index (χ0v) is 15.0. The standard InChI is InChI=1S/C17H24ClNO2.ClH/c1-12-5-4-6-13(2)19(12)11-14(3)21-17(20)15-7-9-16(18)10-8-15;/h7-10,12-14H,4-6,11H2,1-3H3;1H. The molecule has 1 aliphatic rings. The molecule has 1 aromatic rings. The summed E-state index contributed by atoms with van der Waals surface area (Å²) in [6.07, 6.45) is 3.62. The Morgan fingerprint density at radius 3 is 2.36 bits per heavy atom. The van der Waals surface area contributed by atoms with Gasteiger partial charge < -0.3 is 4.74 Å². The number of hydrogen-bond acceptors (Lipinski definition) is 3. The Labute approximate surface area is 144 Å². The van der Waals surface area contributed by atoms with E-state index in [0.29, 0.717) is 22.7 Å². The molecule has 3 unspecified atom stereocenters. The molecule has 0 spiro atoms. The molecule has 3 nitrogen and oxygen atoms in total. The Balaban J connectivity index is 0.00000242. The van der Waals surface area contributed by atoms with Gasteiger partial charge in [-0.2, -0.15) is 0 Å². The Kier molecular flexibility index (Phi) is 7.67. The highest BCUT2D eigenvalue weighted by Crippen LogP contribution is 2.23. The van der Waals surface area contributed by atoms with Gasteiger partial charge in [0, 0.05) is 23.7 Å². The summed E-state index contributed by atoms with van der Waals surface area (Å²) in [6.45, 7) is 7.26. The summed E-state index contributed by atoms with van der Waals surface area (Å²) in [5.74, 6) is -0.281. The second-order valence-corrected chi connectivity index (χ2v) is 6.48. The zero-order valence-electron chi connectivity index (χ0n) is 13.4. The second kappa shape index (κ2) is 8.76. The monoisotopic (exact) mass is 345 g/mol. The van der Waals surface area contributed by atoms with Gasteiger partial charge in [-0.25, -0.2) is 4.79 Å². The van der Waals surface area contributed by atoms with Crippen molar-refractivity contribution in [2.24, 2.45) is 0 Å². The molecule has 0 N–H and O–H groups in total. The summed E-state index contributed by atoms with van der Waals surface area (Å²) < 4.78 is 5.55. The molecule has 2 rings (SSSR count). The van der Waals surface area contributed by atoms with Crippen molar-refractivity contribution in [3.05, 3.63) is 34.9 Å². The van der Waals surface area contributed by atoms with E-state index >= 15 is 0 Å². The summed E-state index contributed by atoms with van der Waals surface area (Å²) in [6, 6.07) is 7.93. The second-order valence-electron chi connectivity index (χ2n) is 6.05. The highest BCUT2D eigenvalue weighted by molar-refractivity contribution is 6.30. The number of likely N-dealkylation sites (tertiary alicyclic amines) is 1. The van der Waals surface area contributed by atoms with Gasteiger partial charge in [0.2, 0.25) is 0 Å². The van der Waals surface area contributed by atoms with E-state index in [-0.39, 0.29) is 24.5 Å². The first kappa shape index (κ1) is 19.3. The maximum atomic E-state index is 12.1. The smallest absolute Gasteiger partial charge is 0.338 e. The summed E-state index contributed by atoms with van der Waals surface area (Å²) in [7, 11) is 0. The van der Waals surface area contributed by atoms with Crippen molar-refractivity contribution in [3.63, 3.8) is 0 Å². The average molecular weight is 346 g/mol. The number of hydrogen-bond donors (Lipinski definition) is 0. The molecule has 1 aromatic carbocycles. The minimum absolute atomic E-state index is 0. The van der Waals surface area contributed by atoms with Crippen LogP contribution in [-0.4, -0.2) is 35.6 Å². The van der Waals surface area contributed by atoms with E-state index in [9.17, 15) is 4.79 Å². The van der Waals surface area contributed by atoms with E-state index in [1.54, 1.807) is 24.3 Å². The third-order valence-corrected chi connectivity index (χ3v) is 4.48. The van der Waals surface area contributed by atoms with Crippen molar-refractivity contribution < 1.29 is 9.53 Å². The van der Waals surface area contributed by atoms with Gasteiger partial charge in [0.1, 0.15) is 6.10 Å². The normalized spacial score (nSPS) is 23.5. The van der Waals surface area contributed by atoms with Gasteiger partial charge in [0.05, 0.1) is 5.56 Å². The van der Waals surface area contributed by atoms with Gasteiger partial charge in [0.25, 0.3) is 0 Å². The highest BCUT2D eigenvalue weighted by atomic mass is 35.5. The quantitative estimate of drug-likeness (QED) is 0.748. The van der Waals surface area contributed by atoms with Crippen LogP contribution in [-0.2, 0) is 4.74 Å². The van der Waals surface area contributed by atoms with E-state index in [2.05, 4.69) is 18.7 Å². The maximum absolute atomic E-state index is 12.1. The lowest BCUT2D eigenvalue weighted by molar-refractivity contribution is 0.00812. The Hall–Kier alpha value is -0.770.